The second-order valence-electron chi connectivity index (χ2n) is 7.84. The highest BCUT2D eigenvalue weighted by Crippen LogP contribution is 2.37. The average Bonchev–Trinajstić information content (AvgIpc) is 3.04. The van der Waals surface area contributed by atoms with Crippen molar-refractivity contribution in [2.75, 3.05) is 0 Å². The lowest BCUT2D eigenvalue weighted by atomic mass is 9.97. The van der Waals surface area contributed by atoms with E-state index in [0.717, 1.165) is 25.7 Å². The summed E-state index contributed by atoms with van der Waals surface area (Å²) in [6.07, 6.45) is 4.15. The zero-order valence-corrected chi connectivity index (χ0v) is 15.4. The first-order valence-corrected chi connectivity index (χ1v) is 9.52. The third-order valence-corrected chi connectivity index (χ3v) is 5.85. The normalized spacial score (nSPS) is 28.7. The molecule has 2 aliphatic rings. The van der Waals surface area contributed by atoms with E-state index in [1.54, 1.807) is 11.3 Å². The van der Waals surface area contributed by atoms with Crippen molar-refractivity contribution < 1.29 is 9.53 Å². The molecule has 23 heavy (non-hydrogen) atoms. The maximum Gasteiger partial charge on any atom is 0.410 e. The van der Waals surface area contributed by atoms with E-state index < -0.39 is 5.60 Å². The molecule has 0 aliphatic carbocycles. The van der Waals surface area contributed by atoms with Gasteiger partial charge >= 0.3 is 6.09 Å². The topological polar surface area (TPSA) is 41.6 Å². The second kappa shape index (κ2) is 6.44. The molecule has 3 atom stereocenters. The number of rotatable bonds is 3. The molecule has 5 heteroatoms. The first-order valence-electron chi connectivity index (χ1n) is 8.64. The largest absolute Gasteiger partial charge is 0.444 e. The van der Waals surface area contributed by atoms with Crippen molar-refractivity contribution in [3.8, 4) is 0 Å². The highest BCUT2D eigenvalue weighted by molar-refractivity contribution is 7.10. The van der Waals surface area contributed by atoms with Gasteiger partial charge in [0.1, 0.15) is 5.60 Å². The highest BCUT2D eigenvalue weighted by atomic mass is 32.1. The fourth-order valence-corrected chi connectivity index (χ4v) is 4.64. The highest BCUT2D eigenvalue weighted by Gasteiger charge is 2.44. The van der Waals surface area contributed by atoms with Crippen LogP contribution in [0.15, 0.2) is 17.5 Å². The second-order valence-corrected chi connectivity index (χ2v) is 8.82. The minimum Gasteiger partial charge on any atom is -0.444 e. The molecule has 0 aromatic carbocycles. The summed E-state index contributed by atoms with van der Waals surface area (Å²) in [5, 5.41) is 5.89. The number of fused-ring (bicyclic) bond motifs is 2. The van der Waals surface area contributed by atoms with Crippen LogP contribution in [0.25, 0.3) is 0 Å². The van der Waals surface area contributed by atoms with E-state index in [0.29, 0.717) is 24.2 Å². The number of nitrogens with zero attached hydrogens (tertiary/aromatic N) is 1. The van der Waals surface area contributed by atoms with Gasteiger partial charge in [0.2, 0.25) is 0 Å². The van der Waals surface area contributed by atoms with Crippen LogP contribution < -0.4 is 5.32 Å². The van der Waals surface area contributed by atoms with Crippen LogP contribution >= 0.6 is 11.3 Å². The zero-order chi connectivity index (χ0) is 16.6. The Kier molecular flexibility index (Phi) is 4.70. The van der Waals surface area contributed by atoms with Gasteiger partial charge in [-0.2, -0.15) is 0 Å². The predicted molar refractivity (Wildman–Crippen MR) is 93.8 cm³/mol. The Morgan fingerprint density at radius 2 is 2.00 bits per heavy atom. The molecular formula is C18H28N2O2S. The maximum absolute atomic E-state index is 12.5. The summed E-state index contributed by atoms with van der Waals surface area (Å²) < 4.78 is 5.60. The van der Waals surface area contributed by atoms with Gasteiger partial charge in [0.05, 0.1) is 0 Å². The van der Waals surface area contributed by atoms with E-state index in [2.05, 4.69) is 29.8 Å². The zero-order valence-electron chi connectivity index (χ0n) is 14.5. The number of hydrogen-bond donors (Lipinski definition) is 1. The van der Waals surface area contributed by atoms with Crippen molar-refractivity contribution in [2.45, 2.75) is 83.1 Å². The molecule has 1 N–H and O–H groups in total. The van der Waals surface area contributed by atoms with Crippen molar-refractivity contribution in [1.82, 2.24) is 10.2 Å². The summed E-state index contributed by atoms with van der Waals surface area (Å²) in [6, 6.07) is 5.82. The summed E-state index contributed by atoms with van der Waals surface area (Å²) in [6.45, 7) is 8.03. The Labute approximate surface area is 143 Å². The van der Waals surface area contributed by atoms with Gasteiger partial charge in [0.25, 0.3) is 0 Å². The van der Waals surface area contributed by atoms with Crippen LogP contribution in [0.4, 0.5) is 4.79 Å². The van der Waals surface area contributed by atoms with Crippen molar-refractivity contribution >= 4 is 17.4 Å². The number of thiophene rings is 1. The Morgan fingerprint density at radius 3 is 2.52 bits per heavy atom. The molecule has 2 fully saturated rings. The van der Waals surface area contributed by atoms with E-state index in [1.165, 1.54) is 4.88 Å². The van der Waals surface area contributed by atoms with Gasteiger partial charge in [0, 0.05) is 29.0 Å². The van der Waals surface area contributed by atoms with Crippen molar-refractivity contribution in [1.29, 1.82) is 0 Å². The molecule has 0 saturated carbocycles. The number of carbonyl (C=O) groups excluding carboxylic acids is 1. The summed E-state index contributed by atoms with van der Waals surface area (Å²) in [5.41, 5.74) is -0.417. The average molecular weight is 337 g/mol. The fourth-order valence-electron chi connectivity index (χ4n) is 3.90. The first-order chi connectivity index (χ1) is 10.8. The molecule has 3 heterocycles. The molecule has 128 valence electrons. The van der Waals surface area contributed by atoms with Gasteiger partial charge in [-0.05, 0) is 64.8 Å². The van der Waals surface area contributed by atoms with Crippen molar-refractivity contribution in [3.63, 3.8) is 0 Å². The molecule has 2 bridgehead atoms. The Balaban J connectivity index is 1.59. The monoisotopic (exact) mass is 336 g/mol. The first kappa shape index (κ1) is 16.8. The Hall–Kier alpha value is -1.07. The molecular weight excluding hydrogens is 308 g/mol. The molecule has 1 aromatic heterocycles. The van der Waals surface area contributed by atoms with Crippen LogP contribution in [0, 0.1) is 0 Å². The fraction of sp³-hybridized carbons (Fsp3) is 0.722. The van der Waals surface area contributed by atoms with E-state index in [9.17, 15) is 4.79 Å². The number of amides is 1. The quantitative estimate of drug-likeness (QED) is 0.893. The molecule has 0 spiro atoms. The Morgan fingerprint density at radius 1 is 1.35 bits per heavy atom. The minimum atomic E-state index is -0.417. The van der Waals surface area contributed by atoms with Crippen molar-refractivity contribution in [2.24, 2.45) is 0 Å². The summed E-state index contributed by atoms with van der Waals surface area (Å²) >= 11 is 1.80. The molecule has 2 unspecified atom stereocenters. The van der Waals surface area contributed by atoms with Crippen LogP contribution in [-0.4, -0.2) is 34.7 Å². The van der Waals surface area contributed by atoms with Gasteiger partial charge < -0.3 is 15.0 Å². The third kappa shape index (κ3) is 3.89. The molecule has 2 saturated heterocycles. The number of piperidine rings is 1. The van der Waals surface area contributed by atoms with E-state index >= 15 is 0 Å². The van der Waals surface area contributed by atoms with Gasteiger partial charge in [0.15, 0.2) is 0 Å². The molecule has 1 amide bonds. The van der Waals surface area contributed by atoms with Crippen LogP contribution in [0.5, 0.6) is 0 Å². The molecule has 2 aliphatic heterocycles. The molecule has 3 rings (SSSR count). The van der Waals surface area contributed by atoms with Gasteiger partial charge in [-0.3, -0.25) is 0 Å². The summed E-state index contributed by atoms with van der Waals surface area (Å²) in [7, 11) is 0. The molecule has 0 radical (unpaired) electrons. The molecule has 4 nitrogen and oxygen atoms in total. The number of nitrogens with one attached hydrogen (secondary N) is 1. The lowest BCUT2D eigenvalue weighted by Gasteiger charge is -2.40. The number of carbonyl (C=O) groups is 1. The summed E-state index contributed by atoms with van der Waals surface area (Å²) in [4.78, 5) is 15.9. The summed E-state index contributed by atoms with van der Waals surface area (Å²) in [5.74, 6) is 0. The van der Waals surface area contributed by atoms with Crippen molar-refractivity contribution in [3.05, 3.63) is 22.4 Å². The van der Waals surface area contributed by atoms with E-state index in [1.807, 2.05) is 25.7 Å². The van der Waals surface area contributed by atoms with Gasteiger partial charge in [-0.15, -0.1) is 11.3 Å². The van der Waals surface area contributed by atoms with Crippen LogP contribution in [-0.2, 0) is 4.74 Å². The van der Waals surface area contributed by atoms with Gasteiger partial charge in [-0.1, -0.05) is 6.07 Å². The van der Waals surface area contributed by atoms with E-state index in [-0.39, 0.29) is 6.09 Å². The third-order valence-electron chi connectivity index (χ3n) is 4.79. The van der Waals surface area contributed by atoms with Crippen LogP contribution in [0.1, 0.15) is 64.3 Å². The smallest absolute Gasteiger partial charge is 0.410 e. The van der Waals surface area contributed by atoms with Crippen LogP contribution in [0.2, 0.25) is 0 Å². The predicted octanol–water partition coefficient (Wildman–Crippen LogP) is 4.33. The maximum atomic E-state index is 12.5. The Bertz CT molecular complexity index is 524. The SMILES string of the molecule is C[C@@H](NC1CC2CCC(C1)N2C(=O)OC(C)(C)C)c1cccs1. The van der Waals surface area contributed by atoms with Crippen LogP contribution in [0.3, 0.4) is 0 Å². The van der Waals surface area contributed by atoms with E-state index in [4.69, 9.17) is 4.74 Å². The molecule has 1 aromatic rings. The standard InChI is InChI=1S/C18H28N2O2S/c1-12(16-6-5-9-23-16)19-13-10-14-7-8-15(11-13)20(14)17(21)22-18(2,3)4/h5-6,9,12-15,19H,7-8,10-11H2,1-4H3/t12-,13?,14?,15?/m1/s1. The number of ether oxygens (including phenoxy) is 1. The lowest BCUT2D eigenvalue weighted by Crippen LogP contribution is -2.52. The lowest BCUT2D eigenvalue weighted by molar-refractivity contribution is 0.00437. The minimum absolute atomic E-state index is 0.130. The van der Waals surface area contributed by atoms with Gasteiger partial charge in [-0.25, -0.2) is 4.79 Å². The number of hydrogen-bond acceptors (Lipinski definition) is 4.